The maximum absolute atomic E-state index is 11.2. The van der Waals surface area contributed by atoms with E-state index in [4.69, 9.17) is 4.42 Å². The summed E-state index contributed by atoms with van der Waals surface area (Å²) < 4.78 is 5.12. The van der Waals surface area contributed by atoms with Gasteiger partial charge in [0.15, 0.2) is 0 Å². The number of aryl methyl sites for hydroxylation is 2. The number of hydrogen-bond donors (Lipinski definition) is 0. The van der Waals surface area contributed by atoms with Crippen molar-refractivity contribution >= 4 is 11.0 Å². The molecule has 1 heterocycles. The Morgan fingerprint density at radius 1 is 0.941 bits per heavy atom. The first kappa shape index (κ1) is 15.4. The monoisotopic (exact) mass is 234 g/mol. The second-order valence-corrected chi connectivity index (χ2v) is 3.26. The maximum Gasteiger partial charge on any atom is 0.339 e. The summed E-state index contributed by atoms with van der Waals surface area (Å²) >= 11 is 0. The minimum atomic E-state index is -0.252. The third-order valence-electron chi connectivity index (χ3n) is 2.07. The van der Waals surface area contributed by atoms with Crippen LogP contribution in [0.1, 0.15) is 38.8 Å². The molecule has 0 spiro atoms. The van der Waals surface area contributed by atoms with Crippen LogP contribution >= 0.6 is 0 Å². The quantitative estimate of drug-likeness (QED) is 0.630. The molecular formula is C15H22O2. The summed E-state index contributed by atoms with van der Waals surface area (Å²) in [4.78, 5) is 11.2. The van der Waals surface area contributed by atoms with Gasteiger partial charge in [0.05, 0.1) is 0 Å². The Bertz CT molecular complexity index is 510. The van der Waals surface area contributed by atoms with Crippen molar-refractivity contribution in [1.82, 2.24) is 0 Å². The third-order valence-corrected chi connectivity index (χ3v) is 2.07. The molecule has 2 nitrogen and oxygen atoms in total. The molecule has 2 aromatic rings. The highest BCUT2D eigenvalue weighted by molar-refractivity contribution is 5.77. The Morgan fingerprint density at radius 3 is 2.12 bits per heavy atom. The van der Waals surface area contributed by atoms with Gasteiger partial charge < -0.3 is 4.42 Å². The van der Waals surface area contributed by atoms with Gasteiger partial charge in [-0.1, -0.05) is 39.8 Å². The normalized spacial score (nSPS) is 8.82. The Hall–Kier alpha value is -1.57. The lowest BCUT2D eigenvalue weighted by molar-refractivity contribution is 0.555. The summed E-state index contributed by atoms with van der Waals surface area (Å²) in [5, 5.41) is 0.975. The standard InChI is InChI=1S/C11H10O2.2C2H6/c1-7-3-4-9-6-8(2)11(12)13-10(9)5-7;2*1-2/h3-6H,1-2H3;2*1-2H3. The average molecular weight is 234 g/mol. The van der Waals surface area contributed by atoms with E-state index in [0.29, 0.717) is 11.1 Å². The number of benzene rings is 1. The van der Waals surface area contributed by atoms with E-state index in [-0.39, 0.29) is 5.63 Å². The Labute approximate surface area is 103 Å². The molecule has 0 N–H and O–H groups in total. The van der Waals surface area contributed by atoms with Crippen LogP contribution in [-0.4, -0.2) is 0 Å². The zero-order chi connectivity index (χ0) is 13.4. The van der Waals surface area contributed by atoms with Crippen LogP contribution in [0.25, 0.3) is 11.0 Å². The largest absolute Gasteiger partial charge is 0.423 e. The van der Waals surface area contributed by atoms with E-state index in [1.807, 2.05) is 58.9 Å². The lowest BCUT2D eigenvalue weighted by atomic mass is 10.1. The minimum absolute atomic E-state index is 0.252. The number of hydrogen-bond acceptors (Lipinski definition) is 2. The van der Waals surface area contributed by atoms with E-state index < -0.39 is 0 Å². The zero-order valence-corrected chi connectivity index (χ0v) is 11.6. The van der Waals surface area contributed by atoms with E-state index in [1.54, 1.807) is 6.92 Å². The molecule has 0 bridgehead atoms. The topological polar surface area (TPSA) is 30.2 Å². The molecule has 0 saturated heterocycles. The second kappa shape index (κ2) is 7.66. The van der Waals surface area contributed by atoms with Crippen LogP contribution in [0.2, 0.25) is 0 Å². The second-order valence-electron chi connectivity index (χ2n) is 3.26. The van der Waals surface area contributed by atoms with E-state index in [0.717, 1.165) is 10.9 Å². The van der Waals surface area contributed by atoms with Crippen molar-refractivity contribution in [2.75, 3.05) is 0 Å². The molecule has 94 valence electrons. The fourth-order valence-electron chi connectivity index (χ4n) is 1.32. The molecule has 2 rings (SSSR count). The van der Waals surface area contributed by atoms with E-state index in [1.165, 1.54) is 0 Å². The molecule has 0 atom stereocenters. The van der Waals surface area contributed by atoms with E-state index >= 15 is 0 Å². The Kier molecular flexibility index (Phi) is 6.95. The van der Waals surface area contributed by atoms with Gasteiger partial charge in [-0.2, -0.15) is 0 Å². The van der Waals surface area contributed by atoms with Crippen LogP contribution in [0.4, 0.5) is 0 Å². The summed E-state index contributed by atoms with van der Waals surface area (Å²) in [6, 6.07) is 7.68. The summed E-state index contributed by atoms with van der Waals surface area (Å²) in [5.74, 6) is 0. The molecule has 0 saturated carbocycles. The lowest BCUT2D eigenvalue weighted by Gasteiger charge is -1.98. The third kappa shape index (κ3) is 4.06. The van der Waals surface area contributed by atoms with Gasteiger partial charge in [-0.05, 0) is 31.5 Å². The molecule has 0 fully saturated rings. The summed E-state index contributed by atoms with van der Waals surface area (Å²) in [5.41, 5.74) is 2.16. The zero-order valence-electron chi connectivity index (χ0n) is 11.6. The lowest BCUT2D eigenvalue weighted by Crippen LogP contribution is -2.01. The molecule has 0 radical (unpaired) electrons. The van der Waals surface area contributed by atoms with Gasteiger partial charge in [-0.15, -0.1) is 0 Å². The van der Waals surface area contributed by atoms with Crippen molar-refractivity contribution in [1.29, 1.82) is 0 Å². The van der Waals surface area contributed by atoms with Gasteiger partial charge in [0.2, 0.25) is 0 Å². The van der Waals surface area contributed by atoms with Crippen LogP contribution in [-0.2, 0) is 0 Å². The van der Waals surface area contributed by atoms with Crippen LogP contribution < -0.4 is 5.63 Å². The fourth-order valence-corrected chi connectivity index (χ4v) is 1.32. The van der Waals surface area contributed by atoms with Crippen molar-refractivity contribution in [3.8, 4) is 0 Å². The molecule has 0 unspecified atom stereocenters. The average Bonchev–Trinajstić information content (AvgIpc) is 2.36. The first-order chi connectivity index (χ1) is 8.16. The molecule has 1 aromatic carbocycles. The molecule has 1 aromatic heterocycles. The summed E-state index contributed by atoms with van der Waals surface area (Å²) in [6.07, 6.45) is 0. The van der Waals surface area contributed by atoms with Crippen molar-refractivity contribution < 1.29 is 4.42 Å². The number of rotatable bonds is 0. The van der Waals surface area contributed by atoms with Crippen LogP contribution in [0, 0.1) is 13.8 Å². The number of fused-ring (bicyclic) bond motifs is 1. The van der Waals surface area contributed by atoms with Crippen molar-refractivity contribution in [2.24, 2.45) is 0 Å². The fraction of sp³-hybridized carbons (Fsp3) is 0.400. The van der Waals surface area contributed by atoms with Gasteiger partial charge in [-0.25, -0.2) is 4.79 Å². The first-order valence-electron chi connectivity index (χ1n) is 6.18. The smallest absolute Gasteiger partial charge is 0.339 e. The maximum atomic E-state index is 11.2. The molecule has 0 aliphatic rings. The van der Waals surface area contributed by atoms with Gasteiger partial charge in [0.1, 0.15) is 5.58 Å². The molecule has 2 heteroatoms. The molecular weight excluding hydrogens is 212 g/mol. The Balaban J connectivity index is 0.000000581. The molecule has 17 heavy (non-hydrogen) atoms. The first-order valence-corrected chi connectivity index (χ1v) is 6.18. The minimum Gasteiger partial charge on any atom is -0.423 e. The molecule has 0 aliphatic carbocycles. The van der Waals surface area contributed by atoms with Gasteiger partial charge in [0.25, 0.3) is 0 Å². The van der Waals surface area contributed by atoms with Crippen molar-refractivity contribution in [3.63, 3.8) is 0 Å². The predicted molar refractivity (Wildman–Crippen MR) is 74.7 cm³/mol. The summed E-state index contributed by atoms with van der Waals surface area (Å²) in [6.45, 7) is 11.7. The molecule has 0 aliphatic heterocycles. The highest BCUT2D eigenvalue weighted by Crippen LogP contribution is 2.14. The highest BCUT2D eigenvalue weighted by Gasteiger charge is 2.00. The van der Waals surface area contributed by atoms with Gasteiger partial charge in [0, 0.05) is 10.9 Å². The van der Waals surface area contributed by atoms with Crippen molar-refractivity contribution in [2.45, 2.75) is 41.5 Å². The Morgan fingerprint density at radius 2 is 1.53 bits per heavy atom. The highest BCUT2D eigenvalue weighted by atomic mass is 16.4. The van der Waals surface area contributed by atoms with Crippen LogP contribution in [0.15, 0.2) is 33.5 Å². The summed E-state index contributed by atoms with van der Waals surface area (Å²) in [7, 11) is 0. The van der Waals surface area contributed by atoms with Gasteiger partial charge in [-0.3, -0.25) is 0 Å². The van der Waals surface area contributed by atoms with E-state index in [2.05, 4.69) is 0 Å². The van der Waals surface area contributed by atoms with Crippen LogP contribution in [0.3, 0.4) is 0 Å². The predicted octanol–water partition coefficient (Wildman–Crippen LogP) is 4.46. The SMILES string of the molecule is CC.CC.Cc1ccc2cc(C)c(=O)oc2c1. The van der Waals surface area contributed by atoms with E-state index in [9.17, 15) is 4.79 Å². The van der Waals surface area contributed by atoms with Crippen molar-refractivity contribution in [3.05, 3.63) is 45.8 Å². The van der Waals surface area contributed by atoms with Gasteiger partial charge >= 0.3 is 5.63 Å². The molecule has 0 amide bonds. The van der Waals surface area contributed by atoms with Crippen LogP contribution in [0.5, 0.6) is 0 Å².